The Labute approximate surface area is 73.6 Å². The fourth-order valence-electron chi connectivity index (χ4n) is 1.23. The van der Waals surface area contributed by atoms with Crippen LogP contribution in [0.5, 0.6) is 5.88 Å². The van der Waals surface area contributed by atoms with Gasteiger partial charge in [0.2, 0.25) is 5.88 Å². The molecule has 0 atom stereocenters. The number of hydrogen-bond donors (Lipinski definition) is 0. The molecule has 0 radical (unpaired) electrons. The third-order valence-electron chi connectivity index (χ3n) is 2.45. The van der Waals surface area contributed by atoms with E-state index in [4.69, 9.17) is 4.74 Å². The molecular formula is C10H15NO. The molecular weight excluding hydrogens is 150 g/mol. The third-order valence-corrected chi connectivity index (χ3v) is 2.45. The minimum atomic E-state index is 0.746. The molecule has 0 saturated carbocycles. The molecule has 0 aromatic carbocycles. The lowest BCUT2D eigenvalue weighted by molar-refractivity contribution is 0.393. The maximum Gasteiger partial charge on any atom is 0.216 e. The highest BCUT2D eigenvalue weighted by atomic mass is 16.5. The van der Waals surface area contributed by atoms with Gasteiger partial charge in [-0.15, -0.1) is 0 Å². The van der Waals surface area contributed by atoms with Gasteiger partial charge in [-0.1, -0.05) is 0 Å². The Morgan fingerprint density at radius 2 is 1.50 bits per heavy atom. The molecule has 0 bridgehead atoms. The molecule has 1 aromatic heterocycles. The lowest BCUT2D eigenvalue weighted by Gasteiger charge is -2.11. The summed E-state index contributed by atoms with van der Waals surface area (Å²) in [6.45, 7) is 8.23. The van der Waals surface area contributed by atoms with Crippen molar-refractivity contribution in [1.82, 2.24) is 4.98 Å². The summed E-state index contributed by atoms with van der Waals surface area (Å²) in [6, 6.07) is 0. The molecule has 0 saturated heterocycles. The van der Waals surface area contributed by atoms with Crippen molar-refractivity contribution in [2.45, 2.75) is 27.7 Å². The Morgan fingerprint density at radius 1 is 0.917 bits per heavy atom. The Bertz CT molecular complexity index is 305. The van der Waals surface area contributed by atoms with Gasteiger partial charge in [-0.25, -0.2) is 4.98 Å². The topological polar surface area (TPSA) is 22.1 Å². The summed E-state index contributed by atoms with van der Waals surface area (Å²) >= 11 is 0. The molecule has 0 aliphatic carbocycles. The molecule has 0 aliphatic rings. The van der Waals surface area contributed by atoms with Gasteiger partial charge in [-0.05, 0) is 38.8 Å². The van der Waals surface area contributed by atoms with Crippen LogP contribution in [0.25, 0.3) is 0 Å². The van der Waals surface area contributed by atoms with Crippen LogP contribution in [0.1, 0.15) is 22.4 Å². The summed E-state index contributed by atoms with van der Waals surface area (Å²) < 4.78 is 5.15. The van der Waals surface area contributed by atoms with E-state index in [9.17, 15) is 0 Å². The number of ether oxygens (including phenoxy) is 1. The smallest absolute Gasteiger partial charge is 0.216 e. The second-order valence-electron chi connectivity index (χ2n) is 3.08. The second-order valence-corrected chi connectivity index (χ2v) is 3.08. The number of pyridine rings is 1. The van der Waals surface area contributed by atoms with Gasteiger partial charge in [0.15, 0.2) is 0 Å². The van der Waals surface area contributed by atoms with Gasteiger partial charge in [-0.3, -0.25) is 0 Å². The molecule has 2 heteroatoms. The van der Waals surface area contributed by atoms with Crippen LogP contribution in [0.2, 0.25) is 0 Å². The maximum atomic E-state index is 5.15. The molecule has 0 N–H and O–H groups in total. The van der Waals surface area contributed by atoms with Gasteiger partial charge in [0.25, 0.3) is 0 Å². The van der Waals surface area contributed by atoms with Crippen LogP contribution in [0.4, 0.5) is 0 Å². The molecule has 1 rings (SSSR count). The zero-order valence-electron chi connectivity index (χ0n) is 8.36. The minimum Gasteiger partial charge on any atom is -0.481 e. The van der Waals surface area contributed by atoms with E-state index in [1.165, 1.54) is 11.1 Å². The SMILES string of the molecule is COc1nc(C)c(C)c(C)c1C. The quantitative estimate of drug-likeness (QED) is 0.637. The van der Waals surface area contributed by atoms with E-state index in [1.807, 2.05) is 13.8 Å². The average Bonchev–Trinajstić information content (AvgIpc) is 2.08. The van der Waals surface area contributed by atoms with Crippen molar-refractivity contribution < 1.29 is 4.74 Å². The van der Waals surface area contributed by atoms with Crippen LogP contribution in [-0.2, 0) is 0 Å². The molecule has 66 valence electrons. The number of hydrogen-bond acceptors (Lipinski definition) is 2. The molecule has 0 aliphatic heterocycles. The van der Waals surface area contributed by atoms with Crippen LogP contribution in [0, 0.1) is 27.7 Å². The van der Waals surface area contributed by atoms with E-state index < -0.39 is 0 Å². The Kier molecular flexibility index (Phi) is 2.36. The zero-order chi connectivity index (χ0) is 9.30. The minimum absolute atomic E-state index is 0.746. The van der Waals surface area contributed by atoms with Gasteiger partial charge in [-0.2, -0.15) is 0 Å². The normalized spacial score (nSPS) is 10.1. The van der Waals surface area contributed by atoms with Gasteiger partial charge in [0, 0.05) is 11.3 Å². The summed E-state index contributed by atoms with van der Waals surface area (Å²) in [5.74, 6) is 0.746. The third kappa shape index (κ3) is 1.29. The lowest BCUT2D eigenvalue weighted by atomic mass is 10.1. The first kappa shape index (κ1) is 9.04. The molecule has 1 heterocycles. The first-order valence-electron chi connectivity index (χ1n) is 4.06. The zero-order valence-corrected chi connectivity index (χ0v) is 8.36. The summed E-state index contributed by atoms with van der Waals surface area (Å²) in [7, 11) is 1.66. The van der Waals surface area contributed by atoms with Crippen LogP contribution in [0.15, 0.2) is 0 Å². The highest BCUT2D eigenvalue weighted by Gasteiger charge is 2.07. The lowest BCUT2D eigenvalue weighted by Crippen LogP contribution is -1.99. The van der Waals surface area contributed by atoms with Crippen LogP contribution < -0.4 is 4.74 Å². The molecule has 0 amide bonds. The van der Waals surface area contributed by atoms with E-state index in [2.05, 4.69) is 18.8 Å². The van der Waals surface area contributed by atoms with Crippen molar-refractivity contribution in [3.8, 4) is 5.88 Å². The maximum absolute atomic E-state index is 5.15. The molecule has 0 fully saturated rings. The predicted molar refractivity (Wildman–Crippen MR) is 49.7 cm³/mol. The van der Waals surface area contributed by atoms with Gasteiger partial charge >= 0.3 is 0 Å². The van der Waals surface area contributed by atoms with E-state index in [0.717, 1.165) is 17.1 Å². The van der Waals surface area contributed by atoms with Crippen LogP contribution in [0.3, 0.4) is 0 Å². The first-order chi connectivity index (χ1) is 5.57. The number of methoxy groups -OCH3 is 1. The Balaban J connectivity index is 3.39. The fraction of sp³-hybridized carbons (Fsp3) is 0.500. The number of aromatic nitrogens is 1. The summed E-state index contributed by atoms with van der Waals surface area (Å²) in [5, 5.41) is 0. The monoisotopic (exact) mass is 165 g/mol. The van der Waals surface area contributed by atoms with E-state index >= 15 is 0 Å². The Morgan fingerprint density at radius 3 is 2.00 bits per heavy atom. The molecule has 1 aromatic rings. The highest BCUT2D eigenvalue weighted by Crippen LogP contribution is 2.22. The molecule has 2 nitrogen and oxygen atoms in total. The van der Waals surface area contributed by atoms with Gasteiger partial charge in [0.1, 0.15) is 0 Å². The van der Waals surface area contributed by atoms with E-state index in [-0.39, 0.29) is 0 Å². The van der Waals surface area contributed by atoms with Crippen molar-refractivity contribution in [3.05, 3.63) is 22.4 Å². The standard InChI is InChI=1S/C10H15NO/c1-6-7(2)9(4)11-10(12-5)8(6)3/h1-5H3. The van der Waals surface area contributed by atoms with Gasteiger partial charge < -0.3 is 4.74 Å². The van der Waals surface area contributed by atoms with Crippen LogP contribution in [-0.4, -0.2) is 12.1 Å². The van der Waals surface area contributed by atoms with Crippen molar-refractivity contribution in [2.24, 2.45) is 0 Å². The fourth-order valence-corrected chi connectivity index (χ4v) is 1.23. The molecule has 12 heavy (non-hydrogen) atoms. The van der Waals surface area contributed by atoms with Crippen molar-refractivity contribution in [1.29, 1.82) is 0 Å². The van der Waals surface area contributed by atoms with E-state index in [1.54, 1.807) is 7.11 Å². The van der Waals surface area contributed by atoms with Crippen molar-refractivity contribution in [2.75, 3.05) is 7.11 Å². The van der Waals surface area contributed by atoms with Crippen molar-refractivity contribution in [3.63, 3.8) is 0 Å². The summed E-state index contributed by atoms with van der Waals surface area (Å²) in [4.78, 5) is 4.33. The second kappa shape index (κ2) is 3.13. The average molecular weight is 165 g/mol. The number of rotatable bonds is 1. The van der Waals surface area contributed by atoms with Gasteiger partial charge in [0.05, 0.1) is 7.11 Å². The largest absolute Gasteiger partial charge is 0.481 e. The highest BCUT2D eigenvalue weighted by molar-refractivity contribution is 5.40. The molecule has 0 spiro atoms. The summed E-state index contributed by atoms with van der Waals surface area (Å²) in [6.07, 6.45) is 0. The van der Waals surface area contributed by atoms with Crippen LogP contribution >= 0.6 is 0 Å². The van der Waals surface area contributed by atoms with E-state index in [0.29, 0.717) is 0 Å². The number of aryl methyl sites for hydroxylation is 1. The molecule has 0 unspecified atom stereocenters. The summed E-state index contributed by atoms with van der Waals surface area (Å²) in [5.41, 5.74) is 4.73. The Hall–Kier alpha value is -1.05. The predicted octanol–water partition coefficient (Wildman–Crippen LogP) is 2.32. The van der Waals surface area contributed by atoms with Crippen molar-refractivity contribution >= 4 is 0 Å². The number of nitrogens with zero attached hydrogens (tertiary/aromatic N) is 1. The first-order valence-corrected chi connectivity index (χ1v) is 4.06.